The average Bonchev–Trinajstić information content (AvgIpc) is 3.11. The molecule has 156 valence electrons. The Morgan fingerprint density at radius 1 is 1.13 bits per heavy atom. The maximum atomic E-state index is 12.9. The summed E-state index contributed by atoms with van der Waals surface area (Å²) in [7, 11) is 0. The van der Waals surface area contributed by atoms with E-state index < -0.39 is 11.6 Å². The molecule has 0 spiro atoms. The first-order chi connectivity index (χ1) is 14.6. The van der Waals surface area contributed by atoms with E-state index in [1.807, 2.05) is 24.3 Å². The number of rotatable bonds is 3. The van der Waals surface area contributed by atoms with Crippen LogP contribution >= 0.6 is 0 Å². The van der Waals surface area contributed by atoms with Crippen molar-refractivity contribution in [3.05, 3.63) is 59.7 Å². The van der Waals surface area contributed by atoms with Crippen molar-refractivity contribution >= 4 is 12.0 Å². The second-order valence-electron chi connectivity index (χ2n) is 8.14. The van der Waals surface area contributed by atoms with Crippen LogP contribution in [0.15, 0.2) is 48.5 Å². The molecule has 2 saturated heterocycles. The van der Waals surface area contributed by atoms with Crippen LogP contribution in [-0.4, -0.2) is 78.5 Å². The summed E-state index contributed by atoms with van der Waals surface area (Å²) < 4.78 is 11.2. The quantitative estimate of drug-likeness (QED) is 0.839. The minimum atomic E-state index is -0.890. The van der Waals surface area contributed by atoms with E-state index in [1.165, 1.54) is 4.90 Å². The van der Waals surface area contributed by atoms with Gasteiger partial charge >= 0.3 is 6.09 Å². The van der Waals surface area contributed by atoms with E-state index in [9.17, 15) is 14.7 Å². The fourth-order valence-corrected chi connectivity index (χ4v) is 4.91. The van der Waals surface area contributed by atoms with Gasteiger partial charge in [-0.3, -0.25) is 9.69 Å². The number of piperazine rings is 1. The largest absolute Gasteiger partial charge is 0.448 e. The normalized spacial score (nSPS) is 23.0. The Hall–Kier alpha value is -2.90. The number of benzene rings is 2. The number of hydrogen-bond acceptors (Lipinski definition) is 5. The Morgan fingerprint density at radius 2 is 1.80 bits per heavy atom. The van der Waals surface area contributed by atoms with Gasteiger partial charge in [0.15, 0.2) is 0 Å². The van der Waals surface area contributed by atoms with Gasteiger partial charge < -0.3 is 19.5 Å². The molecule has 2 fully saturated rings. The van der Waals surface area contributed by atoms with Crippen LogP contribution in [0, 0.1) is 0 Å². The fraction of sp³-hybridized carbons (Fsp3) is 0.391. The van der Waals surface area contributed by atoms with E-state index >= 15 is 0 Å². The Kier molecular flexibility index (Phi) is 4.72. The molecule has 2 aliphatic heterocycles. The van der Waals surface area contributed by atoms with Crippen LogP contribution in [0.1, 0.15) is 17.0 Å². The molecular formula is C23H24N2O5. The smallest absolute Gasteiger partial charge is 0.410 e. The van der Waals surface area contributed by atoms with Crippen LogP contribution in [0.25, 0.3) is 11.1 Å². The van der Waals surface area contributed by atoms with Gasteiger partial charge in [0.1, 0.15) is 18.7 Å². The fourth-order valence-electron chi connectivity index (χ4n) is 4.91. The summed E-state index contributed by atoms with van der Waals surface area (Å²) in [6, 6.07) is 16.3. The number of aliphatic hydroxyl groups is 1. The first-order valence-corrected chi connectivity index (χ1v) is 10.2. The van der Waals surface area contributed by atoms with Crippen LogP contribution in [0.5, 0.6) is 0 Å². The lowest BCUT2D eigenvalue weighted by molar-refractivity contribution is -0.166. The molecule has 2 amide bonds. The van der Waals surface area contributed by atoms with E-state index in [0.29, 0.717) is 13.2 Å². The molecule has 1 aliphatic carbocycles. The molecule has 0 aromatic heterocycles. The number of fused-ring (bicyclic) bond motifs is 4. The molecule has 1 unspecified atom stereocenters. The first-order valence-electron chi connectivity index (χ1n) is 10.2. The van der Waals surface area contributed by atoms with Gasteiger partial charge in [-0.2, -0.15) is 0 Å². The molecule has 7 heteroatoms. The molecular weight excluding hydrogens is 384 g/mol. The lowest BCUT2D eigenvalue weighted by atomic mass is 9.94. The predicted molar refractivity (Wildman–Crippen MR) is 109 cm³/mol. The number of hydrogen-bond donors (Lipinski definition) is 1. The van der Waals surface area contributed by atoms with Crippen molar-refractivity contribution in [1.82, 2.24) is 9.80 Å². The lowest BCUT2D eigenvalue weighted by Crippen LogP contribution is -2.71. The zero-order valence-corrected chi connectivity index (χ0v) is 16.6. The summed E-state index contributed by atoms with van der Waals surface area (Å²) in [6.07, 6.45) is -0.539. The maximum absolute atomic E-state index is 12.9. The summed E-state index contributed by atoms with van der Waals surface area (Å²) in [6.45, 7) is 1.18. The van der Waals surface area contributed by atoms with E-state index in [0.717, 1.165) is 22.3 Å². The van der Waals surface area contributed by atoms with Gasteiger partial charge in [0.25, 0.3) is 0 Å². The maximum Gasteiger partial charge on any atom is 0.410 e. The second kappa shape index (κ2) is 7.41. The average molecular weight is 408 g/mol. The van der Waals surface area contributed by atoms with E-state index in [2.05, 4.69) is 24.3 Å². The van der Waals surface area contributed by atoms with Crippen LogP contribution in [0.3, 0.4) is 0 Å². The Balaban J connectivity index is 1.33. The van der Waals surface area contributed by atoms with Gasteiger partial charge in [0.05, 0.1) is 26.4 Å². The topological polar surface area (TPSA) is 79.3 Å². The molecule has 3 aliphatic rings. The molecule has 0 saturated carbocycles. The number of morpholine rings is 1. The van der Waals surface area contributed by atoms with Gasteiger partial charge in [-0.25, -0.2) is 4.79 Å². The summed E-state index contributed by atoms with van der Waals surface area (Å²) in [4.78, 5) is 28.5. The minimum absolute atomic E-state index is 0.0387. The number of ether oxygens (including phenoxy) is 2. The Morgan fingerprint density at radius 3 is 2.47 bits per heavy atom. The van der Waals surface area contributed by atoms with Crippen molar-refractivity contribution in [3.8, 4) is 11.1 Å². The molecule has 0 radical (unpaired) electrons. The third-order valence-corrected chi connectivity index (χ3v) is 6.40. The predicted octanol–water partition coefficient (Wildman–Crippen LogP) is 1.84. The Labute approximate surface area is 174 Å². The van der Waals surface area contributed by atoms with Gasteiger partial charge in [0, 0.05) is 12.5 Å². The minimum Gasteiger partial charge on any atom is -0.448 e. The Bertz CT molecular complexity index is 948. The third-order valence-electron chi connectivity index (χ3n) is 6.40. The van der Waals surface area contributed by atoms with Gasteiger partial charge in [-0.15, -0.1) is 0 Å². The van der Waals surface area contributed by atoms with Gasteiger partial charge in [-0.1, -0.05) is 48.5 Å². The van der Waals surface area contributed by atoms with E-state index in [-0.39, 0.29) is 44.7 Å². The monoisotopic (exact) mass is 408 g/mol. The third kappa shape index (κ3) is 2.97. The molecule has 2 aromatic carbocycles. The molecule has 2 heterocycles. The summed E-state index contributed by atoms with van der Waals surface area (Å²) in [5.41, 5.74) is 3.71. The summed E-state index contributed by atoms with van der Waals surface area (Å²) in [5.74, 6) is -0.227. The van der Waals surface area contributed by atoms with Crippen LogP contribution in [0.2, 0.25) is 0 Å². The van der Waals surface area contributed by atoms with Crippen LogP contribution in [0.4, 0.5) is 4.79 Å². The highest BCUT2D eigenvalue weighted by molar-refractivity contribution is 5.85. The van der Waals surface area contributed by atoms with E-state index in [1.54, 1.807) is 4.90 Å². The van der Waals surface area contributed by atoms with Crippen LogP contribution < -0.4 is 0 Å². The van der Waals surface area contributed by atoms with Crippen molar-refractivity contribution in [3.63, 3.8) is 0 Å². The van der Waals surface area contributed by atoms with Crippen LogP contribution in [-0.2, 0) is 14.3 Å². The zero-order chi connectivity index (χ0) is 20.7. The summed E-state index contributed by atoms with van der Waals surface area (Å²) in [5, 5.41) is 9.96. The van der Waals surface area contributed by atoms with Crippen molar-refractivity contribution in [2.45, 2.75) is 11.5 Å². The van der Waals surface area contributed by atoms with Crippen molar-refractivity contribution in [2.75, 3.05) is 46.1 Å². The number of aliphatic hydroxyl groups excluding tert-OH is 1. The number of carbonyl (C=O) groups is 2. The highest BCUT2D eigenvalue weighted by Gasteiger charge is 2.48. The number of carbonyl (C=O) groups excluding carboxylic acids is 2. The SMILES string of the molecule is O=C(OCC1c2ccccc2-c2ccccc21)N1CC(=O)N2CCOCC2(CO)C1. The molecule has 1 atom stereocenters. The zero-order valence-electron chi connectivity index (χ0n) is 16.6. The first kappa shape index (κ1) is 19.1. The second-order valence-corrected chi connectivity index (χ2v) is 8.14. The molecule has 1 N–H and O–H groups in total. The van der Waals surface area contributed by atoms with Gasteiger partial charge in [0.2, 0.25) is 5.91 Å². The van der Waals surface area contributed by atoms with Crippen molar-refractivity contribution in [1.29, 1.82) is 0 Å². The van der Waals surface area contributed by atoms with Crippen molar-refractivity contribution < 1.29 is 24.2 Å². The van der Waals surface area contributed by atoms with Gasteiger partial charge in [-0.05, 0) is 22.3 Å². The summed E-state index contributed by atoms with van der Waals surface area (Å²) >= 11 is 0. The highest BCUT2D eigenvalue weighted by Crippen LogP contribution is 2.44. The van der Waals surface area contributed by atoms with E-state index in [4.69, 9.17) is 9.47 Å². The highest BCUT2D eigenvalue weighted by atomic mass is 16.6. The lowest BCUT2D eigenvalue weighted by Gasteiger charge is -2.51. The standard InChI is InChI=1S/C23H24N2O5/c26-14-23-13-24(11-21(27)25(23)9-10-29-15-23)22(28)30-12-20-18-7-3-1-5-16(18)17-6-2-4-8-19(17)20/h1-8,20,26H,9-15H2. The molecule has 7 nitrogen and oxygen atoms in total. The number of nitrogens with zero attached hydrogens (tertiary/aromatic N) is 2. The molecule has 2 aromatic rings. The molecule has 30 heavy (non-hydrogen) atoms. The molecule has 0 bridgehead atoms. The molecule has 5 rings (SSSR count). The van der Waals surface area contributed by atoms with Crippen molar-refractivity contribution in [2.24, 2.45) is 0 Å². The number of amides is 2.